The third kappa shape index (κ3) is 3.99. The molecule has 2 aromatic carbocycles. The molecule has 0 aliphatic carbocycles. The van der Waals surface area contributed by atoms with E-state index in [9.17, 15) is 16.8 Å². The fraction of sp³-hybridized carbons (Fsp3) is 0.429. The Balaban J connectivity index is 1.63. The van der Waals surface area contributed by atoms with Crippen LogP contribution >= 0.6 is 0 Å². The Bertz CT molecular complexity index is 1170. The number of benzene rings is 2. The van der Waals surface area contributed by atoms with Crippen LogP contribution in [0.4, 0.5) is 0 Å². The molecular weight excluding hydrogens is 456 g/mol. The number of hydrogen-bond acceptors (Lipinski definition) is 7. The van der Waals surface area contributed by atoms with Crippen LogP contribution in [-0.2, 0) is 24.8 Å². The van der Waals surface area contributed by atoms with Crippen LogP contribution in [0, 0.1) is 0 Å². The molecular formula is C21H26N2O7S2. The van der Waals surface area contributed by atoms with E-state index in [1.807, 2.05) is 0 Å². The van der Waals surface area contributed by atoms with Gasteiger partial charge in [0.25, 0.3) is 0 Å². The number of nitrogens with zero attached hydrogens (tertiary/aromatic N) is 2. The van der Waals surface area contributed by atoms with Gasteiger partial charge < -0.3 is 14.2 Å². The fourth-order valence-corrected chi connectivity index (χ4v) is 7.41. The molecule has 0 saturated carbocycles. The quantitative estimate of drug-likeness (QED) is 0.620. The summed E-state index contributed by atoms with van der Waals surface area (Å²) in [4.78, 5) is 0.233. The maximum atomic E-state index is 13.4. The summed E-state index contributed by atoms with van der Waals surface area (Å²) in [5.74, 6) is 1.10. The number of methoxy groups -OCH3 is 2. The molecule has 2 aromatic rings. The smallest absolute Gasteiger partial charge is 0.245 e. The largest absolute Gasteiger partial charge is 0.497 e. The van der Waals surface area contributed by atoms with Gasteiger partial charge in [-0.05, 0) is 61.4 Å². The molecule has 174 valence electrons. The molecule has 2 aliphatic rings. The Morgan fingerprint density at radius 1 is 0.812 bits per heavy atom. The predicted molar refractivity (Wildman–Crippen MR) is 117 cm³/mol. The molecule has 0 N–H and O–H groups in total. The molecule has 0 bridgehead atoms. The van der Waals surface area contributed by atoms with E-state index in [-0.39, 0.29) is 36.0 Å². The van der Waals surface area contributed by atoms with Crippen LogP contribution in [0.2, 0.25) is 0 Å². The van der Waals surface area contributed by atoms with Gasteiger partial charge in [-0.2, -0.15) is 8.61 Å². The molecule has 1 spiro atoms. The number of rotatable bonds is 6. The maximum absolute atomic E-state index is 13.4. The van der Waals surface area contributed by atoms with Gasteiger partial charge in [0, 0.05) is 13.1 Å². The summed E-state index contributed by atoms with van der Waals surface area (Å²) in [5.41, 5.74) is -1.24. The van der Waals surface area contributed by atoms with Crippen LogP contribution in [0.1, 0.15) is 12.8 Å². The van der Waals surface area contributed by atoms with Gasteiger partial charge in [-0.25, -0.2) is 16.8 Å². The molecule has 0 aromatic heterocycles. The Morgan fingerprint density at radius 2 is 1.34 bits per heavy atom. The van der Waals surface area contributed by atoms with Crippen LogP contribution in [0.5, 0.6) is 11.5 Å². The van der Waals surface area contributed by atoms with E-state index in [1.165, 1.54) is 47.1 Å². The Labute approximate surface area is 188 Å². The van der Waals surface area contributed by atoms with Gasteiger partial charge in [0.2, 0.25) is 20.0 Å². The van der Waals surface area contributed by atoms with E-state index < -0.39 is 25.8 Å². The number of sulfonamides is 2. The summed E-state index contributed by atoms with van der Waals surface area (Å²) < 4.78 is 72.2. The Kier molecular flexibility index (Phi) is 6.21. The van der Waals surface area contributed by atoms with Gasteiger partial charge in [-0.3, -0.25) is 0 Å². The van der Waals surface area contributed by atoms with Crippen LogP contribution in [0.3, 0.4) is 0 Å². The van der Waals surface area contributed by atoms with Crippen LogP contribution < -0.4 is 9.47 Å². The standard InChI is InChI=1S/C21H26N2O7S2/c1-28-17-4-8-19(9-5-17)31(24,25)22-13-3-12-21(16-22)23(14-15-30-21)32(26,27)20-10-6-18(29-2)7-11-20/h4-11H,3,12-16H2,1-2H3. The highest BCUT2D eigenvalue weighted by Crippen LogP contribution is 2.39. The van der Waals surface area contributed by atoms with Crippen LogP contribution in [0.25, 0.3) is 0 Å². The fourth-order valence-electron chi connectivity index (χ4n) is 4.20. The first-order valence-corrected chi connectivity index (χ1v) is 13.1. The van der Waals surface area contributed by atoms with Crippen molar-refractivity contribution in [2.24, 2.45) is 0 Å². The zero-order chi connectivity index (χ0) is 23.0. The van der Waals surface area contributed by atoms with E-state index in [0.29, 0.717) is 24.3 Å². The highest BCUT2D eigenvalue weighted by atomic mass is 32.2. The normalized spacial score (nSPS) is 22.8. The molecule has 1 atom stereocenters. The molecule has 11 heteroatoms. The SMILES string of the molecule is COc1ccc(S(=O)(=O)N2CCCC3(C2)OCCN3S(=O)(=O)c2ccc(OC)cc2)cc1. The average molecular weight is 483 g/mol. The summed E-state index contributed by atoms with van der Waals surface area (Å²) in [7, 11) is -4.72. The summed E-state index contributed by atoms with van der Waals surface area (Å²) in [6.07, 6.45) is 0.890. The van der Waals surface area contributed by atoms with Gasteiger partial charge in [0.1, 0.15) is 17.2 Å². The van der Waals surface area contributed by atoms with E-state index in [0.717, 1.165) is 0 Å². The minimum absolute atomic E-state index is 0.0727. The van der Waals surface area contributed by atoms with Crippen molar-refractivity contribution in [3.05, 3.63) is 48.5 Å². The van der Waals surface area contributed by atoms with E-state index in [2.05, 4.69) is 0 Å². The minimum atomic E-state index is -3.90. The lowest BCUT2D eigenvalue weighted by molar-refractivity contribution is -0.0818. The lowest BCUT2D eigenvalue weighted by Crippen LogP contribution is -2.59. The highest BCUT2D eigenvalue weighted by molar-refractivity contribution is 7.89. The first kappa shape index (κ1) is 23.0. The number of hydrogen-bond donors (Lipinski definition) is 0. The lowest BCUT2D eigenvalue weighted by atomic mass is 10.0. The Morgan fingerprint density at radius 3 is 1.88 bits per heavy atom. The second kappa shape index (κ2) is 8.64. The van der Waals surface area contributed by atoms with E-state index in [1.54, 1.807) is 24.3 Å². The van der Waals surface area contributed by atoms with E-state index in [4.69, 9.17) is 14.2 Å². The van der Waals surface area contributed by atoms with Gasteiger partial charge in [0.05, 0.1) is 37.2 Å². The third-order valence-electron chi connectivity index (χ3n) is 5.86. The maximum Gasteiger partial charge on any atom is 0.245 e. The van der Waals surface area contributed by atoms with Crippen molar-refractivity contribution in [3.8, 4) is 11.5 Å². The van der Waals surface area contributed by atoms with Crippen molar-refractivity contribution in [1.82, 2.24) is 8.61 Å². The predicted octanol–water partition coefficient (Wildman–Crippen LogP) is 1.91. The zero-order valence-electron chi connectivity index (χ0n) is 17.9. The lowest BCUT2D eigenvalue weighted by Gasteiger charge is -2.43. The number of piperidine rings is 1. The van der Waals surface area contributed by atoms with Crippen LogP contribution in [-0.4, -0.2) is 71.6 Å². The minimum Gasteiger partial charge on any atom is -0.497 e. The molecule has 2 fully saturated rings. The zero-order valence-corrected chi connectivity index (χ0v) is 19.6. The molecule has 1 unspecified atom stereocenters. The summed E-state index contributed by atoms with van der Waals surface area (Å²) in [6, 6.07) is 12.3. The number of ether oxygens (including phenoxy) is 3. The third-order valence-corrected chi connectivity index (χ3v) is 9.69. The van der Waals surface area contributed by atoms with Crippen LogP contribution in [0.15, 0.2) is 58.3 Å². The van der Waals surface area contributed by atoms with Crippen molar-refractivity contribution in [2.75, 3.05) is 40.5 Å². The van der Waals surface area contributed by atoms with Gasteiger partial charge in [-0.1, -0.05) is 0 Å². The molecule has 0 amide bonds. The van der Waals surface area contributed by atoms with Gasteiger partial charge in [0.15, 0.2) is 0 Å². The van der Waals surface area contributed by atoms with Crippen molar-refractivity contribution >= 4 is 20.0 Å². The van der Waals surface area contributed by atoms with Gasteiger partial charge in [-0.15, -0.1) is 0 Å². The summed E-state index contributed by atoms with van der Waals surface area (Å²) in [5, 5.41) is 0. The van der Waals surface area contributed by atoms with E-state index >= 15 is 0 Å². The molecule has 2 saturated heterocycles. The average Bonchev–Trinajstić information content (AvgIpc) is 3.22. The molecule has 2 heterocycles. The first-order valence-electron chi connectivity index (χ1n) is 10.2. The topological polar surface area (TPSA) is 102 Å². The van der Waals surface area contributed by atoms with Gasteiger partial charge >= 0.3 is 0 Å². The highest BCUT2D eigenvalue weighted by Gasteiger charge is 2.53. The molecule has 4 rings (SSSR count). The molecule has 9 nitrogen and oxygen atoms in total. The summed E-state index contributed by atoms with van der Waals surface area (Å²) in [6.45, 7) is 0.573. The molecule has 0 radical (unpaired) electrons. The molecule has 32 heavy (non-hydrogen) atoms. The van der Waals surface area contributed by atoms with Crippen molar-refractivity contribution < 1.29 is 31.0 Å². The monoisotopic (exact) mass is 482 g/mol. The second-order valence-electron chi connectivity index (χ2n) is 7.67. The first-order chi connectivity index (χ1) is 15.2. The van der Waals surface area contributed by atoms with Crippen molar-refractivity contribution in [1.29, 1.82) is 0 Å². The molecule has 2 aliphatic heterocycles. The summed E-state index contributed by atoms with van der Waals surface area (Å²) >= 11 is 0. The van der Waals surface area contributed by atoms with Crippen molar-refractivity contribution in [3.63, 3.8) is 0 Å². The Hall–Kier alpha value is -2.18. The second-order valence-corrected chi connectivity index (χ2v) is 11.5. The van der Waals surface area contributed by atoms with Crippen molar-refractivity contribution in [2.45, 2.75) is 28.4 Å².